The molecule has 14 N–H and O–H groups in total. The number of hydrogen-bond acceptors (Lipinski definition) is 24. The minimum absolute atomic E-state index is 0. The van der Waals surface area contributed by atoms with Crippen molar-refractivity contribution >= 4 is 0 Å². The van der Waals surface area contributed by atoms with Gasteiger partial charge in [0.05, 0.1) is 58.0 Å². The summed E-state index contributed by atoms with van der Waals surface area (Å²) in [6, 6.07) is 0. The number of hydrogen-bond donors (Lipinski definition) is 14. The van der Waals surface area contributed by atoms with Crippen molar-refractivity contribution in [2.45, 2.75) is 227 Å². The third-order valence-corrected chi connectivity index (χ3v) is 17.3. The zero-order chi connectivity index (χ0) is 52.7. The molecular weight excluding hydrogens is 985 g/mol. The smallest absolute Gasteiger partial charge is 0.187 e. The molecule has 0 aromatic heterocycles. The molecule has 0 aromatic carbocycles. The van der Waals surface area contributed by atoms with Crippen molar-refractivity contribution in [2.75, 3.05) is 39.6 Å². The first-order chi connectivity index (χ1) is 34.7. The summed E-state index contributed by atoms with van der Waals surface area (Å²) in [6.45, 7) is 4.10. The lowest BCUT2D eigenvalue weighted by Gasteiger charge is -2.56. The Morgan fingerprint density at radius 1 is 0.554 bits per heavy atom. The molecule has 430 valence electrons. The number of aliphatic hydroxyl groups excluding tert-OH is 14. The molecule has 6 aliphatic heterocycles. The van der Waals surface area contributed by atoms with Crippen molar-refractivity contribution in [3.05, 3.63) is 12.2 Å². The van der Waals surface area contributed by atoms with E-state index in [1.54, 1.807) is 0 Å². The number of allylic oxidation sites excluding steroid dienone is 2. The maximum atomic E-state index is 11.9. The highest BCUT2D eigenvalue weighted by Crippen LogP contribution is 2.57. The highest BCUT2D eigenvalue weighted by molar-refractivity contribution is 5.11. The second kappa shape index (κ2) is 25.5. The van der Waals surface area contributed by atoms with E-state index in [-0.39, 0.29) is 43.6 Å². The van der Waals surface area contributed by atoms with Crippen LogP contribution < -0.4 is 0 Å². The minimum Gasteiger partial charge on any atom is -0.394 e. The molecule has 2 aliphatic carbocycles. The Balaban J connectivity index is 0.00000800. The molecular formula is C50H86O24. The topological polar surface area (TPSA) is 376 Å². The molecule has 0 radical (unpaired) electrons. The quantitative estimate of drug-likeness (QED) is 0.0709. The Morgan fingerprint density at radius 2 is 1.18 bits per heavy atom. The molecule has 24 nitrogen and oxygen atoms in total. The largest absolute Gasteiger partial charge is 0.394 e. The number of fused-ring (bicyclic) bond motifs is 3. The van der Waals surface area contributed by atoms with Gasteiger partial charge < -0.3 is 119 Å². The summed E-state index contributed by atoms with van der Waals surface area (Å²) in [6.07, 6.45) is -26.0. The lowest BCUT2D eigenvalue weighted by molar-refractivity contribution is -0.404. The van der Waals surface area contributed by atoms with Gasteiger partial charge in [0, 0.05) is 12.3 Å². The first kappa shape index (κ1) is 60.4. The van der Waals surface area contributed by atoms with Crippen LogP contribution in [-0.2, 0) is 47.4 Å². The highest BCUT2D eigenvalue weighted by atomic mass is 16.8. The van der Waals surface area contributed by atoms with E-state index >= 15 is 0 Å². The van der Waals surface area contributed by atoms with E-state index in [1.807, 2.05) is 0 Å². The Labute approximate surface area is 431 Å². The van der Waals surface area contributed by atoms with Crippen LogP contribution in [0.1, 0.15) is 86.0 Å². The van der Waals surface area contributed by atoms with Crippen LogP contribution in [0, 0.1) is 35.0 Å². The standard InChI is InChI=1S/C49H82O24.CH4/c1-21-6-9-26-23(13-25(53)19-66-49(22(2)12-21)10-4-5-11-65-49)7-8-24-14-29(27(54)15-48(24,26)3)67-45-40(63)37(60)41(32(18-52)70-45)71-47-43(73-46-39(62)36(59)34(57)30(16-50)68-46)42(35(58)31(17-51)69-47)72-44-38(61)33(56)28(55)20-64-44;/h6,9,21-47,50-63H,4-5,7-8,10-20H2,1-3H3;1H4/b9-6-;/t21-,22+,23-,24-,25-,26-,27+,28+,29+,30+,31+,32+,33-,34+,35+,36-,37+,38+,39+,40+,41+,42-,43+,44-,45+,46-,47-,48-,49+;/m1./s1. The van der Waals surface area contributed by atoms with Crippen molar-refractivity contribution in [1.82, 2.24) is 0 Å². The van der Waals surface area contributed by atoms with Gasteiger partial charge >= 0.3 is 0 Å². The van der Waals surface area contributed by atoms with Crippen molar-refractivity contribution < 1.29 is 119 Å². The first-order valence-corrected chi connectivity index (χ1v) is 26.2. The number of ether oxygens (including phenoxy) is 10. The van der Waals surface area contributed by atoms with Gasteiger partial charge in [-0.15, -0.1) is 0 Å². The normalized spacial score (nSPS) is 53.1. The van der Waals surface area contributed by atoms with Crippen LogP contribution in [0.15, 0.2) is 12.2 Å². The van der Waals surface area contributed by atoms with Crippen LogP contribution >= 0.6 is 0 Å². The Morgan fingerprint density at radius 3 is 1.86 bits per heavy atom. The lowest BCUT2D eigenvalue weighted by Crippen LogP contribution is -2.68. The predicted molar refractivity (Wildman–Crippen MR) is 252 cm³/mol. The van der Waals surface area contributed by atoms with Gasteiger partial charge in [-0.3, -0.25) is 0 Å². The third-order valence-electron chi connectivity index (χ3n) is 17.3. The molecule has 1 spiro atoms. The fourth-order valence-electron chi connectivity index (χ4n) is 12.9. The van der Waals surface area contributed by atoms with E-state index in [0.717, 1.165) is 38.5 Å². The van der Waals surface area contributed by atoms with Crippen molar-refractivity contribution in [2.24, 2.45) is 35.0 Å². The van der Waals surface area contributed by atoms with Crippen molar-refractivity contribution in [3.8, 4) is 0 Å². The monoisotopic (exact) mass is 1070 g/mol. The van der Waals surface area contributed by atoms with E-state index in [4.69, 9.17) is 47.4 Å². The van der Waals surface area contributed by atoms with Crippen molar-refractivity contribution in [3.63, 3.8) is 0 Å². The molecule has 8 rings (SSSR count). The molecule has 6 heterocycles. The van der Waals surface area contributed by atoms with Crippen LogP contribution in [0.2, 0.25) is 0 Å². The van der Waals surface area contributed by atoms with Crippen LogP contribution in [0.25, 0.3) is 0 Å². The maximum Gasteiger partial charge on any atom is 0.187 e. The first-order valence-electron chi connectivity index (χ1n) is 26.2. The van der Waals surface area contributed by atoms with Gasteiger partial charge in [-0.05, 0) is 80.5 Å². The van der Waals surface area contributed by atoms with E-state index in [1.165, 1.54) is 0 Å². The summed E-state index contributed by atoms with van der Waals surface area (Å²) in [5, 5.41) is 152. The molecule has 5 saturated heterocycles. The predicted octanol–water partition coefficient (Wildman–Crippen LogP) is -3.38. The fourth-order valence-corrected chi connectivity index (χ4v) is 12.9. The van der Waals surface area contributed by atoms with E-state index in [9.17, 15) is 71.5 Å². The van der Waals surface area contributed by atoms with Crippen LogP contribution in [0.3, 0.4) is 0 Å². The maximum absolute atomic E-state index is 11.9. The SMILES string of the molecule is C.C[C@@H]1/C=C\[C@@H]2[C@H](CC[C@@H]3C[C@H](O[C@H]4O[C@@H](CO)[C@H](O[C@H]5O[C@@H](CO)[C@H](O)[C@@H](O[C@H]6OC[C@H](O)[C@@H](O)[C@@H]6O)[C@@H]5O[C@H]5O[C@@H](CO)[C@H](O)[C@@H](O)[C@@H]5O)[C@@H](O)[C@@H]4O)[C@@H](O)C[C@]32C)C[C@@H](O)CO[C@@]2(CCCCO2)[C@@H](C)C1. The number of aliphatic hydroxyl groups is 14. The zero-order valence-corrected chi connectivity index (χ0v) is 41.7. The number of rotatable bonds is 11. The molecule has 0 amide bonds. The summed E-state index contributed by atoms with van der Waals surface area (Å²) >= 11 is 0. The molecule has 0 aromatic rings. The Hall–Kier alpha value is -1.22. The van der Waals surface area contributed by atoms with Gasteiger partial charge in [0.2, 0.25) is 0 Å². The molecule has 0 unspecified atom stereocenters. The molecule has 2 saturated carbocycles. The molecule has 24 heteroatoms. The molecule has 8 aliphatic rings. The van der Waals surface area contributed by atoms with E-state index in [0.29, 0.717) is 25.9 Å². The second-order valence-corrected chi connectivity index (χ2v) is 22.2. The van der Waals surface area contributed by atoms with Gasteiger partial charge in [-0.1, -0.05) is 40.3 Å². The second-order valence-electron chi connectivity index (χ2n) is 22.2. The van der Waals surface area contributed by atoms with E-state index in [2.05, 4.69) is 32.9 Å². The zero-order valence-electron chi connectivity index (χ0n) is 41.7. The van der Waals surface area contributed by atoms with Gasteiger partial charge in [0.1, 0.15) is 91.6 Å². The summed E-state index contributed by atoms with van der Waals surface area (Å²) in [5.41, 5.74) is -0.418. The summed E-state index contributed by atoms with van der Waals surface area (Å²) in [7, 11) is 0. The average Bonchev–Trinajstić information content (AvgIpc) is 3.37. The van der Waals surface area contributed by atoms with Crippen LogP contribution in [-0.4, -0.2) is 252 Å². The van der Waals surface area contributed by atoms with E-state index < -0.39 is 173 Å². The fraction of sp³-hybridized carbons (Fsp3) is 0.960. The van der Waals surface area contributed by atoms with Gasteiger partial charge in [-0.25, -0.2) is 0 Å². The van der Waals surface area contributed by atoms with Crippen LogP contribution in [0.4, 0.5) is 0 Å². The third kappa shape index (κ3) is 12.4. The minimum atomic E-state index is -2.03. The highest BCUT2D eigenvalue weighted by Gasteiger charge is 2.58. The van der Waals surface area contributed by atoms with Crippen LogP contribution in [0.5, 0.6) is 0 Å². The van der Waals surface area contributed by atoms with Gasteiger partial charge in [-0.2, -0.15) is 0 Å². The molecule has 7 fully saturated rings. The van der Waals surface area contributed by atoms with Gasteiger partial charge in [0.25, 0.3) is 0 Å². The molecule has 29 atom stereocenters. The van der Waals surface area contributed by atoms with Gasteiger partial charge in [0.15, 0.2) is 30.9 Å². The Kier molecular flexibility index (Phi) is 20.8. The van der Waals surface area contributed by atoms with Crippen molar-refractivity contribution in [1.29, 1.82) is 0 Å². The molecule has 74 heavy (non-hydrogen) atoms. The summed E-state index contributed by atoms with van der Waals surface area (Å²) < 4.78 is 60.2. The average molecular weight is 1070 g/mol. The lowest BCUT2D eigenvalue weighted by atomic mass is 9.51. The summed E-state index contributed by atoms with van der Waals surface area (Å²) in [5.74, 6) is -0.328. The Bertz CT molecular complexity index is 1760. The molecule has 0 bridgehead atoms. The summed E-state index contributed by atoms with van der Waals surface area (Å²) in [4.78, 5) is 0.